The number of ketones is 1. The van der Waals surface area contributed by atoms with Crippen LogP contribution in [0, 0.1) is 29.6 Å². The second kappa shape index (κ2) is 20.3. The Morgan fingerprint density at radius 1 is 1.07 bits per heavy atom. The van der Waals surface area contributed by atoms with Crippen molar-refractivity contribution in [2.45, 2.75) is 115 Å². The van der Waals surface area contributed by atoms with E-state index in [9.17, 15) is 14.0 Å². The van der Waals surface area contributed by atoms with Crippen molar-refractivity contribution < 1.29 is 14.0 Å². The summed E-state index contributed by atoms with van der Waals surface area (Å²) >= 11 is 0. The Balaban J connectivity index is 0.000000666. The van der Waals surface area contributed by atoms with Crippen molar-refractivity contribution in [3.8, 4) is 0 Å². The van der Waals surface area contributed by atoms with Gasteiger partial charge in [0.2, 0.25) is 0 Å². The van der Waals surface area contributed by atoms with Crippen molar-refractivity contribution in [1.82, 2.24) is 9.88 Å². The van der Waals surface area contributed by atoms with Crippen molar-refractivity contribution in [3.63, 3.8) is 0 Å². The minimum Gasteiger partial charge on any atom is -0.361 e. The van der Waals surface area contributed by atoms with E-state index < -0.39 is 17.5 Å². The topological polar surface area (TPSA) is 53.2 Å². The zero-order chi connectivity index (χ0) is 33.4. The summed E-state index contributed by atoms with van der Waals surface area (Å²) < 4.78 is 13.7. The smallest absolute Gasteiger partial charge is 0.295 e. The summed E-state index contributed by atoms with van der Waals surface area (Å²) in [6, 6.07) is 0. The number of nitrogens with zero attached hydrogens (tertiary/aromatic N) is 1. The van der Waals surface area contributed by atoms with Crippen LogP contribution in [0.1, 0.15) is 126 Å². The highest BCUT2D eigenvalue weighted by Crippen LogP contribution is 2.46. The van der Waals surface area contributed by atoms with Gasteiger partial charge in [0.1, 0.15) is 5.83 Å². The van der Waals surface area contributed by atoms with Gasteiger partial charge in [-0.2, -0.15) is 0 Å². The molecule has 0 aliphatic heterocycles. The molecule has 3 rings (SSSR count). The first-order valence-electron chi connectivity index (χ1n) is 16.6. The normalized spacial score (nSPS) is 20.5. The van der Waals surface area contributed by atoms with Gasteiger partial charge >= 0.3 is 0 Å². The Morgan fingerprint density at radius 2 is 1.63 bits per heavy atom. The van der Waals surface area contributed by atoms with Gasteiger partial charge in [-0.1, -0.05) is 100 Å². The molecule has 0 bridgehead atoms. The summed E-state index contributed by atoms with van der Waals surface area (Å²) in [5.41, 5.74) is 4.32. The molecular formula is C38H63FN2O2. The van der Waals surface area contributed by atoms with Crippen molar-refractivity contribution in [2.24, 2.45) is 29.6 Å². The molecule has 2 aliphatic carbocycles. The molecule has 4 nitrogen and oxygen atoms in total. The molecular weight excluding hydrogens is 535 g/mol. The molecule has 1 amide bonds. The van der Waals surface area contributed by atoms with Crippen molar-refractivity contribution in [3.05, 3.63) is 58.3 Å². The number of aromatic nitrogens is 1. The summed E-state index contributed by atoms with van der Waals surface area (Å²) in [5, 5.41) is 0.701. The van der Waals surface area contributed by atoms with E-state index in [-0.39, 0.29) is 10.8 Å². The highest BCUT2D eigenvalue weighted by molar-refractivity contribution is 6.42. The number of amides is 1. The fraction of sp³-hybridized carbons (Fsp3) is 0.632. The summed E-state index contributed by atoms with van der Waals surface area (Å²) in [5.74, 6) is 2.12. The number of rotatable bonds is 8. The van der Waals surface area contributed by atoms with E-state index in [2.05, 4.69) is 65.8 Å². The minimum atomic E-state index is -0.659. The number of halogens is 1. The number of hydrogen-bond acceptors (Lipinski definition) is 2. The van der Waals surface area contributed by atoms with E-state index in [0.29, 0.717) is 30.3 Å². The van der Waals surface area contributed by atoms with Gasteiger partial charge < -0.3 is 9.88 Å². The molecule has 1 fully saturated rings. The van der Waals surface area contributed by atoms with Gasteiger partial charge in [0, 0.05) is 29.9 Å². The third kappa shape index (κ3) is 11.7. The number of carbonyl (C=O) groups is 2. The Kier molecular flexibility index (Phi) is 19.0. The average molecular weight is 599 g/mol. The maximum Gasteiger partial charge on any atom is 0.295 e. The lowest BCUT2D eigenvalue weighted by Crippen LogP contribution is -2.40. The molecule has 0 aromatic carbocycles. The maximum absolute atomic E-state index is 13.7. The van der Waals surface area contributed by atoms with Crippen LogP contribution < -0.4 is 10.6 Å². The molecule has 5 heteroatoms. The zero-order valence-electron chi connectivity index (χ0n) is 29.6. The zero-order valence-corrected chi connectivity index (χ0v) is 29.6. The predicted molar refractivity (Wildman–Crippen MR) is 185 cm³/mol. The van der Waals surface area contributed by atoms with Gasteiger partial charge in [-0.15, -0.1) is 0 Å². The van der Waals surface area contributed by atoms with Gasteiger partial charge in [-0.25, -0.2) is 4.39 Å². The van der Waals surface area contributed by atoms with Crippen LogP contribution in [0.3, 0.4) is 0 Å². The Labute approximate surface area is 263 Å². The molecule has 1 saturated carbocycles. The molecule has 0 radical (unpaired) electrons. The van der Waals surface area contributed by atoms with Crippen molar-refractivity contribution >= 4 is 23.6 Å². The van der Waals surface area contributed by atoms with Gasteiger partial charge in [0.05, 0.1) is 5.56 Å². The van der Waals surface area contributed by atoms with Crippen LogP contribution in [-0.4, -0.2) is 34.7 Å². The first-order chi connectivity index (χ1) is 20.2. The fourth-order valence-corrected chi connectivity index (χ4v) is 5.85. The number of Topliss-reactive ketones (excluding diaryl/α,β-unsaturated/α-hetero) is 1. The van der Waals surface area contributed by atoms with Crippen molar-refractivity contribution in [1.29, 1.82) is 0 Å². The Hall–Kier alpha value is -2.69. The van der Waals surface area contributed by atoms with Crippen LogP contribution in [0.15, 0.2) is 42.2 Å². The monoisotopic (exact) mass is 598 g/mol. The van der Waals surface area contributed by atoms with Crippen LogP contribution in [0.2, 0.25) is 0 Å². The minimum absolute atomic E-state index is 0.102. The Bertz CT molecular complexity index is 1190. The number of nitrogens with one attached hydrogen (secondary N) is 1. The van der Waals surface area contributed by atoms with Crippen LogP contribution in [0.5, 0.6) is 0 Å². The van der Waals surface area contributed by atoms with Crippen LogP contribution >= 0.6 is 0 Å². The lowest BCUT2D eigenvalue weighted by Gasteiger charge is -2.42. The van der Waals surface area contributed by atoms with Gasteiger partial charge in [-0.3, -0.25) is 9.59 Å². The van der Waals surface area contributed by atoms with Gasteiger partial charge in [-0.05, 0) is 86.7 Å². The second-order valence-electron chi connectivity index (χ2n) is 12.4. The summed E-state index contributed by atoms with van der Waals surface area (Å²) in [6.07, 6.45) is 11.1. The average Bonchev–Trinajstić information content (AvgIpc) is 3.42. The standard InChI is InChI=1S/C16H23FN2O2.C10H16.C10H18.C2H6/c1-5-8-19(9-6-2)16(21)15(20)12-10-18-13(7-3)14(12)11(4)17;1-6(2)10-8(4)7(3)9(10)5;1-8(2)10-6-4-5-9(3)7-10;1-2/h7,10,18H,5-6,8-9H2,1-4H3;6,9-10H,3-4H2,1-2,5H3;6,8-9H,4-5,7H2,1-3H3;1-2H3/b13-7+,14-11+;;;. The molecule has 0 saturated heterocycles. The third-order valence-corrected chi connectivity index (χ3v) is 8.27. The molecule has 1 aromatic heterocycles. The summed E-state index contributed by atoms with van der Waals surface area (Å²) in [7, 11) is 0. The van der Waals surface area contributed by atoms with Crippen LogP contribution in [0.4, 0.5) is 4.39 Å². The van der Waals surface area contributed by atoms with E-state index in [0.717, 1.165) is 30.6 Å². The van der Waals surface area contributed by atoms with E-state index in [1.165, 1.54) is 48.4 Å². The number of hydrogen-bond donors (Lipinski definition) is 1. The van der Waals surface area contributed by atoms with Crippen molar-refractivity contribution in [2.75, 3.05) is 13.1 Å². The molecule has 1 N–H and O–H groups in total. The van der Waals surface area contributed by atoms with Gasteiger partial charge in [0.15, 0.2) is 0 Å². The fourth-order valence-electron chi connectivity index (χ4n) is 5.85. The second-order valence-corrected chi connectivity index (χ2v) is 12.4. The number of aromatic amines is 1. The number of H-pyrrole nitrogens is 1. The van der Waals surface area contributed by atoms with E-state index in [1.807, 2.05) is 27.7 Å². The van der Waals surface area contributed by atoms with E-state index >= 15 is 0 Å². The first-order valence-corrected chi connectivity index (χ1v) is 16.6. The van der Waals surface area contributed by atoms with E-state index in [4.69, 9.17) is 0 Å². The van der Waals surface area contributed by atoms with E-state index in [1.54, 1.807) is 18.6 Å². The third-order valence-electron chi connectivity index (χ3n) is 8.27. The molecule has 244 valence electrons. The molecule has 43 heavy (non-hydrogen) atoms. The quantitative estimate of drug-likeness (QED) is 0.184. The SMILES string of the molecule is C/C=c1/[nH]cc(C(=O)C(=O)N(CCC)CCC)/c1=C(/C)F.C=C1C(=C)C(C(C)C)C1C.CC.CC1CCC=C(C(C)C)C1. The Morgan fingerprint density at radius 3 is 1.98 bits per heavy atom. The first kappa shape index (κ1) is 40.3. The molecule has 3 atom stereocenters. The summed E-state index contributed by atoms with van der Waals surface area (Å²) in [6.45, 7) is 33.6. The van der Waals surface area contributed by atoms with Crippen LogP contribution in [0.25, 0.3) is 11.9 Å². The highest BCUT2D eigenvalue weighted by Gasteiger charge is 2.36. The van der Waals surface area contributed by atoms with Gasteiger partial charge in [0.25, 0.3) is 11.7 Å². The largest absolute Gasteiger partial charge is 0.361 e. The predicted octanol–water partition coefficient (Wildman–Crippen LogP) is 9.18. The lowest BCUT2D eigenvalue weighted by atomic mass is 9.63. The molecule has 1 aromatic rings. The maximum atomic E-state index is 13.7. The lowest BCUT2D eigenvalue weighted by molar-refractivity contribution is -0.126. The molecule has 1 heterocycles. The molecule has 2 aliphatic rings. The number of carbonyl (C=O) groups excluding carboxylic acids is 2. The number of allylic oxidation sites excluding steroid dienone is 4. The van der Waals surface area contributed by atoms with Crippen LogP contribution in [-0.2, 0) is 4.79 Å². The summed E-state index contributed by atoms with van der Waals surface area (Å²) in [4.78, 5) is 29.1. The molecule has 0 spiro atoms. The molecule has 3 unspecified atom stereocenters. The highest BCUT2D eigenvalue weighted by atomic mass is 19.1.